The molecule has 0 aliphatic carbocycles. The van der Waals surface area contributed by atoms with E-state index in [1.54, 1.807) is 15.9 Å². The normalized spacial score (nSPS) is 11.3. The summed E-state index contributed by atoms with van der Waals surface area (Å²) in [6.07, 6.45) is 2.87. The molecule has 2 aromatic carbocycles. The first-order valence-corrected chi connectivity index (χ1v) is 10.6. The Morgan fingerprint density at radius 3 is 2.67 bits per heavy atom. The SMILES string of the molecule is N#Cc1[nH]c(=O)n(-c2csc3ccccc23)c1-c1cn(CCCN)c2ccccc12. The average Bonchev–Trinajstić information content (AvgIpc) is 3.45. The number of nitrogens with two attached hydrogens (primary N) is 1. The topological polar surface area (TPSA) is 92.5 Å². The van der Waals surface area contributed by atoms with Crippen LogP contribution in [0.15, 0.2) is 64.9 Å². The smallest absolute Gasteiger partial charge is 0.331 e. The summed E-state index contributed by atoms with van der Waals surface area (Å²) in [6, 6.07) is 18.2. The number of aromatic nitrogens is 3. The van der Waals surface area contributed by atoms with Crippen molar-refractivity contribution in [3.8, 4) is 23.0 Å². The van der Waals surface area contributed by atoms with Gasteiger partial charge < -0.3 is 10.3 Å². The van der Waals surface area contributed by atoms with Crippen LogP contribution in [-0.4, -0.2) is 20.7 Å². The number of aryl methyl sites for hydroxylation is 1. The van der Waals surface area contributed by atoms with Crippen LogP contribution < -0.4 is 11.4 Å². The third-order valence-corrected chi connectivity index (χ3v) is 6.31. The van der Waals surface area contributed by atoms with Gasteiger partial charge in [-0.15, -0.1) is 11.3 Å². The fraction of sp³-hybridized carbons (Fsp3) is 0.130. The number of rotatable bonds is 5. The minimum Gasteiger partial charge on any atom is -0.347 e. The molecule has 0 spiro atoms. The van der Waals surface area contributed by atoms with E-state index in [9.17, 15) is 10.1 Å². The first-order valence-electron chi connectivity index (χ1n) is 9.73. The molecular weight excluding hydrogens is 394 g/mol. The lowest BCUT2D eigenvalue weighted by Gasteiger charge is -2.06. The number of benzene rings is 2. The van der Waals surface area contributed by atoms with Gasteiger partial charge in [0.2, 0.25) is 0 Å². The van der Waals surface area contributed by atoms with Gasteiger partial charge in [0.05, 0.1) is 11.4 Å². The zero-order chi connectivity index (χ0) is 20.7. The van der Waals surface area contributed by atoms with Gasteiger partial charge in [-0.05, 0) is 25.1 Å². The van der Waals surface area contributed by atoms with Gasteiger partial charge in [0, 0.05) is 44.7 Å². The third kappa shape index (κ3) is 2.77. The second kappa shape index (κ2) is 7.34. The van der Waals surface area contributed by atoms with E-state index in [-0.39, 0.29) is 11.4 Å². The third-order valence-electron chi connectivity index (χ3n) is 5.36. The van der Waals surface area contributed by atoms with Crippen molar-refractivity contribution in [2.45, 2.75) is 13.0 Å². The van der Waals surface area contributed by atoms with Crippen molar-refractivity contribution in [2.75, 3.05) is 6.54 Å². The van der Waals surface area contributed by atoms with E-state index in [1.807, 2.05) is 54.0 Å². The van der Waals surface area contributed by atoms with E-state index < -0.39 is 0 Å². The molecule has 7 heteroatoms. The van der Waals surface area contributed by atoms with Crippen molar-refractivity contribution in [3.05, 3.63) is 76.3 Å². The number of H-pyrrole nitrogens is 1. The van der Waals surface area contributed by atoms with Crippen LogP contribution in [0.25, 0.3) is 37.9 Å². The van der Waals surface area contributed by atoms with Gasteiger partial charge in [-0.2, -0.15) is 5.26 Å². The van der Waals surface area contributed by atoms with E-state index in [1.165, 1.54) is 0 Å². The number of para-hydroxylation sites is 1. The van der Waals surface area contributed by atoms with E-state index in [0.29, 0.717) is 12.2 Å². The minimum absolute atomic E-state index is 0.261. The number of aromatic amines is 1. The lowest BCUT2D eigenvalue weighted by molar-refractivity contribution is 0.671. The van der Waals surface area contributed by atoms with Gasteiger partial charge in [0.1, 0.15) is 11.8 Å². The monoisotopic (exact) mass is 413 g/mol. The molecule has 30 heavy (non-hydrogen) atoms. The van der Waals surface area contributed by atoms with Crippen molar-refractivity contribution < 1.29 is 0 Å². The van der Waals surface area contributed by atoms with Crippen LogP contribution in [0.4, 0.5) is 0 Å². The minimum atomic E-state index is -0.316. The van der Waals surface area contributed by atoms with Gasteiger partial charge in [0.25, 0.3) is 0 Å². The molecule has 0 aliphatic rings. The maximum absolute atomic E-state index is 13.0. The van der Waals surface area contributed by atoms with Crippen LogP contribution in [-0.2, 0) is 6.54 Å². The lowest BCUT2D eigenvalue weighted by atomic mass is 10.1. The highest BCUT2D eigenvalue weighted by atomic mass is 32.1. The summed E-state index contributed by atoms with van der Waals surface area (Å²) in [5, 5.41) is 13.8. The number of hydrogen-bond donors (Lipinski definition) is 2. The van der Waals surface area contributed by atoms with E-state index in [4.69, 9.17) is 5.73 Å². The molecule has 5 aromatic rings. The molecule has 0 unspecified atom stereocenters. The van der Waals surface area contributed by atoms with Gasteiger partial charge in [-0.25, -0.2) is 4.79 Å². The van der Waals surface area contributed by atoms with Crippen molar-refractivity contribution in [3.63, 3.8) is 0 Å². The highest BCUT2D eigenvalue weighted by molar-refractivity contribution is 7.17. The number of hydrogen-bond acceptors (Lipinski definition) is 4. The summed E-state index contributed by atoms with van der Waals surface area (Å²) < 4.78 is 4.87. The molecule has 5 rings (SSSR count). The molecule has 3 aromatic heterocycles. The standard InChI is InChI=1S/C23H19N5OS/c24-10-5-11-27-13-17(15-6-1-3-8-19(15)27)22-18(12-25)26-23(29)28(22)20-14-30-21-9-4-2-7-16(20)21/h1-4,6-9,13-14H,5,10-11,24H2,(H,26,29). The molecule has 3 N–H and O–H groups in total. The number of thiophene rings is 1. The number of nitriles is 1. The van der Waals surface area contributed by atoms with E-state index in [2.05, 4.69) is 21.7 Å². The highest BCUT2D eigenvalue weighted by Crippen LogP contribution is 2.36. The maximum atomic E-state index is 13.0. The molecule has 0 atom stereocenters. The summed E-state index contributed by atoms with van der Waals surface area (Å²) in [7, 11) is 0. The molecule has 3 heterocycles. The average molecular weight is 414 g/mol. The quantitative estimate of drug-likeness (QED) is 0.452. The van der Waals surface area contributed by atoms with Crippen LogP contribution in [0.2, 0.25) is 0 Å². The molecule has 0 saturated carbocycles. The molecule has 0 radical (unpaired) electrons. The Bertz CT molecular complexity index is 1480. The molecule has 0 bridgehead atoms. The molecule has 0 saturated heterocycles. The second-order valence-corrected chi connectivity index (χ2v) is 8.02. The predicted molar refractivity (Wildman–Crippen MR) is 121 cm³/mol. The molecule has 0 amide bonds. The number of nitrogens with one attached hydrogen (secondary N) is 1. The Labute approximate surface area is 176 Å². The summed E-state index contributed by atoms with van der Waals surface area (Å²) in [5.74, 6) is 0. The molecular formula is C23H19N5OS. The lowest BCUT2D eigenvalue weighted by Crippen LogP contribution is -2.15. The fourth-order valence-electron chi connectivity index (χ4n) is 4.02. The van der Waals surface area contributed by atoms with Gasteiger partial charge >= 0.3 is 5.69 Å². The Hall–Kier alpha value is -3.60. The van der Waals surface area contributed by atoms with Crippen molar-refractivity contribution >= 4 is 32.3 Å². The Balaban J connectivity index is 1.83. The van der Waals surface area contributed by atoms with Crippen LogP contribution >= 0.6 is 11.3 Å². The number of imidazole rings is 1. The molecule has 6 nitrogen and oxygen atoms in total. The summed E-state index contributed by atoms with van der Waals surface area (Å²) in [5.41, 5.74) is 8.95. The highest BCUT2D eigenvalue weighted by Gasteiger charge is 2.23. The largest absolute Gasteiger partial charge is 0.347 e. The Kier molecular flexibility index (Phi) is 4.51. The van der Waals surface area contributed by atoms with Crippen LogP contribution in [0, 0.1) is 11.3 Å². The van der Waals surface area contributed by atoms with Gasteiger partial charge in [-0.1, -0.05) is 36.4 Å². The second-order valence-electron chi connectivity index (χ2n) is 7.11. The van der Waals surface area contributed by atoms with Gasteiger partial charge in [0.15, 0.2) is 0 Å². The van der Waals surface area contributed by atoms with Crippen molar-refractivity contribution in [1.82, 2.24) is 14.1 Å². The summed E-state index contributed by atoms with van der Waals surface area (Å²) >= 11 is 1.58. The first kappa shape index (κ1) is 18.4. The summed E-state index contributed by atoms with van der Waals surface area (Å²) in [4.78, 5) is 15.7. The van der Waals surface area contributed by atoms with Gasteiger partial charge in [-0.3, -0.25) is 9.55 Å². The zero-order valence-electron chi connectivity index (χ0n) is 16.1. The Morgan fingerprint density at radius 2 is 1.87 bits per heavy atom. The molecule has 148 valence electrons. The van der Waals surface area contributed by atoms with E-state index >= 15 is 0 Å². The zero-order valence-corrected chi connectivity index (χ0v) is 16.9. The molecule has 0 aliphatic heterocycles. The van der Waals surface area contributed by atoms with Crippen molar-refractivity contribution in [2.24, 2.45) is 5.73 Å². The fourth-order valence-corrected chi connectivity index (χ4v) is 4.95. The number of fused-ring (bicyclic) bond motifs is 2. The van der Waals surface area contributed by atoms with Crippen LogP contribution in [0.3, 0.4) is 0 Å². The summed E-state index contributed by atoms with van der Waals surface area (Å²) in [6.45, 7) is 1.37. The number of nitrogens with zero attached hydrogens (tertiary/aromatic N) is 3. The van der Waals surface area contributed by atoms with Crippen LogP contribution in [0.1, 0.15) is 12.1 Å². The first-order chi connectivity index (χ1) is 14.7. The van der Waals surface area contributed by atoms with E-state index in [0.717, 1.165) is 45.2 Å². The predicted octanol–water partition coefficient (Wildman–Crippen LogP) is 4.22. The van der Waals surface area contributed by atoms with Crippen molar-refractivity contribution in [1.29, 1.82) is 5.26 Å². The Morgan fingerprint density at radius 1 is 1.10 bits per heavy atom. The van der Waals surface area contributed by atoms with Crippen LogP contribution in [0.5, 0.6) is 0 Å². The molecule has 0 fully saturated rings. The maximum Gasteiger partial charge on any atom is 0.331 e.